The molecule has 1 aromatic rings. The molecular formula is C17H26N2. The minimum atomic E-state index is -0.164. The zero-order valence-corrected chi connectivity index (χ0v) is 12.5. The number of hydrogen-bond acceptors (Lipinski definition) is 2. The summed E-state index contributed by atoms with van der Waals surface area (Å²) in [4.78, 5) is 2.38. The summed E-state index contributed by atoms with van der Waals surface area (Å²) >= 11 is 0. The molecular weight excluding hydrogens is 232 g/mol. The monoisotopic (exact) mass is 258 g/mol. The van der Waals surface area contributed by atoms with Crippen molar-refractivity contribution in [3.8, 4) is 6.07 Å². The van der Waals surface area contributed by atoms with Gasteiger partial charge in [-0.15, -0.1) is 0 Å². The van der Waals surface area contributed by atoms with Gasteiger partial charge < -0.3 is 4.90 Å². The molecule has 19 heavy (non-hydrogen) atoms. The van der Waals surface area contributed by atoms with E-state index in [1.54, 1.807) is 0 Å². The Kier molecular flexibility index (Phi) is 6.59. The summed E-state index contributed by atoms with van der Waals surface area (Å²) in [6.07, 6.45) is 4.42. The fourth-order valence-corrected chi connectivity index (χ4v) is 2.08. The van der Waals surface area contributed by atoms with E-state index in [0.717, 1.165) is 32.4 Å². The molecule has 0 radical (unpaired) electrons. The fraction of sp³-hybridized carbons (Fsp3) is 0.588. The molecule has 0 spiro atoms. The molecule has 2 heteroatoms. The van der Waals surface area contributed by atoms with E-state index in [-0.39, 0.29) is 5.41 Å². The number of benzene rings is 1. The molecule has 0 unspecified atom stereocenters. The van der Waals surface area contributed by atoms with Crippen molar-refractivity contribution in [2.45, 2.75) is 39.5 Å². The zero-order valence-electron chi connectivity index (χ0n) is 12.5. The molecule has 2 nitrogen and oxygen atoms in total. The predicted molar refractivity (Wildman–Crippen MR) is 80.9 cm³/mol. The van der Waals surface area contributed by atoms with Crippen LogP contribution >= 0.6 is 0 Å². The van der Waals surface area contributed by atoms with Crippen LogP contribution in [0.25, 0.3) is 0 Å². The summed E-state index contributed by atoms with van der Waals surface area (Å²) < 4.78 is 0. The van der Waals surface area contributed by atoms with Gasteiger partial charge in [-0.2, -0.15) is 5.26 Å². The topological polar surface area (TPSA) is 27.0 Å². The average Bonchev–Trinajstić information content (AvgIpc) is 2.42. The molecule has 0 aliphatic carbocycles. The van der Waals surface area contributed by atoms with Crippen molar-refractivity contribution in [3.05, 3.63) is 35.9 Å². The molecule has 0 amide bonds. The van der Waals surface area contributed by atoms with Gasteiger partial charge in [0.15, 0.2) is 0 Å². The fourth-order valence-electron chi connectivity index (χ4n) is 2.08. The van der Waals surface area contributed by atoms with E-state index in [4.69, 9.17) is 5.26 Å². The Hall–Kier alpha value is -1.33. The first-order chi connectivity index (χ1) is 9.03. The highest BCUT2D eigenvalue weighted by atomic mass is 15.1. The van der Waals surface area contributed by atoms with Crippen LogP contribution < -0.4 is 0 Å². The molecule has 0 aromatic heterocycles. The summed E-state index contributed by atoms with van der Waals surface area (Å²) in [6, 6.07) is 13.0. The highest BCUT2D eigenvalue weighted by Gasteiger charge is 2.15. The smallest absolute Gasteiger partial charge is 0.0683 e. The van der Waals surface area contributed by atoms with Crippen molar-refractivity contribution < 1.29 is 0 Å². The van der Waals surface area contributed by atoms with Crippen molar-refractivity contribution in [2.24, 2.45) is 5.41 Å². The average molecular weight is 258 g/mol. The van der Waals surface area contributed by atoms with Crippen LogP contribution in [0.5, 0.6) is 0 Å². The van der Waals surface area contributed by atoms with Crippen LogP contribution in [-0.4, -0.2) is 25.0 Å². The number of likely N-dealkylation sites (N-methyl/N-ethyl adjacent to an activating group) is 1. The van der Waals surface area contributed by atoms with E-state index in [1.165, 1.54) is 12.0 Å². The van der Waals surface area contributed by atoms with E-state index in [1.807, 2.05) is 13.8 Å². The molecule has 0 fully saturated rings. The number of nitrogens with zero attached hydrogens (tertiary/aromatic N) is 2. The maximum Gasteiger partial charge on any atom is 0.0683 e. The summed E-state index contributed by atoms with van der Waals surface area (Å²) in [6.45, 7) is 6.26. The van der Waals surface area contributed by atoms with Crippen molar-refractivity contribution >= 4 is 0 Å². The van der Waals surface area contributed by atoms with E-state index in [0.29, 0.717) is 0 Å². The van der Waals surface area contributed by atoms with Crippen LogP contribution in [0.2, 0.25) is 0 Å². The summed E-state index contributed by atoms with van der Waals surface area (Å²) in [5.74, 6) is 0. The second kappa shape index (κ2) is 7.96. The third-order valence-corrected chi connectivity index (χ3v) is 3.52. The van der Waals surface area contributed by atoms with Gasteiger partial charge in [-0.25, -0.2) is 0 Å². The molecule has 0 N–H and O–H groups in total. The van der Waals surface area contributed by atoms with Crippen LogP contribution in [0.4, 0.5) is 0 Å². The quantitative estimate of drug-likeness (QED) is 0.662. The molecule has 0 saturated carbocycles. The van der Waals surface area contributed by atoms with E-state index in [2.05, 4.69) is 48.3 Å². The first kappa shape index (κ1) is 15.7. The minimum absolute atomic E-state index is 0.164. The Bertz CT molecular complexity index is 389. The summed E-state index contributed by atoms with van der Waals surface area (Å²) in [5, 5.41) is 8.95. The SMILES string of the molecule is CN(CCCCC(C)(C)C#N)CCc1ccccc1. The van der Waals surface area contributed by atoms with Gasteiger partial charge in [-0.05, 0) is 52.3 Å². The lowest BCUT2D eigenvalue weighted by atomic mass is 9.89. The number of unbranched alkanes of at least 4 members (excludes halogenated alkanes) is 1. The summed E-state index contributed by atoms with van der Waals surface area (Å²) in [5.41, 5.74) is 1.24. The van der Waals surface area contributed by atoms with Crippen LogP contribution in [-0.2, 0) is 6.42 Å². The number of hydrogen-bond donors (Lipinski definition) is 0. The second-order valence-corrected chi connectivity index (χ2v) is 5.99. The molecule has 0 aliphatic heterocycles. The molecule has 0 bridgehead atoms. The van der Waals surface area contributed by atoms with Gasteiger partial charge in [-0.3, -0.25) is 0 Å². The van der Waals surface area contributed by atoms with Crippen molar-refractivity contribution in [1.29, 1.82) is 5.26 Å². The molecule has 0 atom stereocenters. The molecule has 0 saturated heterocycles. The third kappa shape index (κ3) is 6.98. The highest BCUT2D eigenvalue weighted by molar-refractivity contribution is 5.14. The minimum Gasteiger partial charge on any atom is -0.306 e. The maximum absolute atomic E-state index is 8.95. The van der Waals surface area contributed by atoms with Gasteiger partial charge in [0.05, 0.1) is 11.5 Å². The van der Waals surface area contributed by atoms with E-state index >= 15 is 0 Å². The van der Waals surface area contributed by atoms with Crippen LogP contribution in [0.1, 0.15) is 38.7 Å². The lowest BCUT2D eigenvalue weighted by Crippen LogP contribution is -2.22. The molecule has 0 aliphatic rings. The first-order valence-corrected chi connectivity index (χ1v) is 7.17. The Balaban J connectivity index is 2.12. The van der Waals surface area contributed by atoms with Crippen molar-refractivity contribution in [1.82, 2.24) is 4.90 Å². The van der Waals surface area contributed by atoms with Crippen LogP contribution in [0.15, 0.2) is 30.3 Å². The first-order valence-electron chi connectivity index (χ1n) is 7.17. The summed E-state index contributed by atoms with van der Waals surface area (Å²) in [7, 11) is 2.18. The Morgan fingerprint density at radius 1 is 1.11 bits per heavy atom. The number of nitriles is 1. The highest BCUT2D eigenvalue weighted by Crippen LogP contribution is 2.21. The third-order valence-electron chi connectivity index (χ3n) is 3.52. The standard InChI is InChI=1S/C17H26N2/c1-17(2,15-18)12-7-8-13-19(3)14-11-16-9-5-4-6-10-16/h4-6,9-10H,7-8,11-14H2,1-3H3. The van der Waals surface area contributed by atoms with Crippen LogP contribution in [0, 0.1) is 16.7 Å². The van der Waals surface area contributed by atoms with E-state index in [9.17, 15) is 0 Å². The zero-order chi connectivity index (χ0) is 14.1. The number of rotatable bonds is 8. The van der Waals surface area contributed by atoms with Crippen LogP contribution in [0.3, 0.4) is 0 Å². The largest absolute Gasteiger partial charge is 0.306 e. The van der Waals surface area contributed by atoms with Crippen molar-refractivity contribution in [3.63, 3.8) is 0 Å². The Morgan fingerprint density at radius 2 is 1.79 bits per heavy atom. The van der Waals surface area contributed by atoms with Crippen molar-refractivity contribution in [2.75, 3.05) is 20.1 Å². The predicted octanol–water partition coefficient (Wildman–Crippen LogP) is 3.88. The molecule has 1 rings (SSSR count). The lowest BCUT2D eigenvalue weighted by molar-refractivity contribution is 0.317. The second-order valence-electron chi connectivity index (χ2n) is 5.99. The van der Waals surface area contributed by atoms with Gasteiger partial charge in [0, 0.05) is 6.54 Å². The maximum atomic E-state index is 8.95. The normalized spacial score (nSPS) is 11.5. The molecule has 1 aromatic carbocycles. The van der Waals surface area contributed by atoms with Gasteiger partial charge >= 0.3 is 0 Å². The van der Waals surface area contributed by atoms with Gasteiger partial charge in [-0.1, -0.05) is 36.8 Å². The Labute approximate surface area is 118 Å². The van der Waals surface area contributed by atoms with E-state index < -0.39 is 0 Å². The van der Waals surface area contributed by atoms with Gasteiger partial charge in [0.1, 0.15) is 0 Å². The molecule has 0 heterocycles. The Morgan fingerprint density at radius 3 is 2.42 bits per heavy atom. The lowest BCUT2D eigenvalue weighted by Gasteiger charge is -2.18. The van der Waals surface area contributed by atoms with Gasteiger partial charge in [0.2, 0.25) is 0 Å². The van der Waals surface area contributed by atoms with Gasteiger partial charge in [0.25, 0.3) is 0 Å². The molecule has 104 valence electrons.